The molecule has 0 aliphatic rings. The summed E-state index contributed by atoms with van der Waals surface area (Å²) in [6.45, 7) is 0.364. The maximum atomic E-state index is 12.9. The van der Waals surface area contributed by atoms with Gasteiger partial charge in [0.2, 0.25) is 0 Å². The van der Waals surface area contributed by atoms with Gasteiger partial charge in [-0.25, -0.2) is 0 Å². The highest BCUT2D eigenvalue weighted by atomic mass is 35.5. The number of benzene rings is 3. The largest absolute Gasteiger partial charge is 0.495 e. The Kier molecular flexibility index (Phi) is 6.40. The van der Waals surface area contributed by atoms with Gasteiger partial charge in [0.1, 0.15) is 23.9 Å². The van der Waals surface area contributed by atoms with E-state index in [1.165, 1.54) is 14.2 Å². The number of hydrogen-bond acceptors (Lipinski definition) is 4. The lowest BCUT2D eigenvalue weighted by Crippen LogP contribution is -2.14. The molecule has 1 amide bonds. The zero-order valence-electron chi connectivity index (χ0n) is 15.6. The normalized spacial score (nSPS) is 10.2. The van der Waals surface area contributed by atoms with Gasteiger partial charge in [0, 0.05) is 12.1 Å². The number of amides is 1. The first kappa shape index (κ1) is 19.6. The van der Waals surface area contributed by atoms with Crippen molar-refractivity contribution < 1.29 is 19.0 Å². The van der Waals surface area contributed by atoms with Crippen molar-refractivity contribution in [1.82, 2.24) is 0 Å². The van der Waals surface area contributed by atoms with Crippen LogP contribution in [0.4, 0.5) is 5.69 Å². The monoisotopic (exact) mass is 397 g/mol. The van der Waals surface area contributed by atoms with Crippen LogP contribution in [0.3, 0.4) is 0 Å². The second kappa shape index (κ2) is 9.15. The van der Waals surface area contributed by atoms with Crippen molar-refractivity contribution in [3.63, 3.8) is 0 Å². The standard InChI is InChI=1S/C22H20ClNO4/c1-26-20-13-18(21(27-2)12-17(20)23)24-22(25)16-10-6-7-11-19(16)28-14-15-8-4-3-5-9-15/h3-13H,14H2,1-2H3,(H,24,25). The smallest absolute Gasteiger partial charge is 0.259 e. The molecule has 3 rings (SSSR count). The number of hydrogen-bond donors (Lipinski definition) is 1. The first-order valence-electron chi connectivity index (χ1n) is 8.61. The summed E-state index contributed by atoms with van der Waals surface area (Å²) in [5, 5.41) is 3.23. The van der Waals surface area contributed by atoms with Gasteiger partial charge in [-0.1, -0.05) is 54.1 Å². The highest BCUT2D eigenvalue weighted by Gasteiger charge is 2.16. The molecule has 0 aliphatic carbocycles. The number of para-hydroxylation sites is 1. The van der Waals surface area contributed by atoms with Crippen LogP contribution >= 0.6 is 11.6 Å². The number of halogens is 1. The molecule has 5 nitrogen and oxygen atoms in total. The lowest BCUT2D eigenvalue weighted by atomic mass is 10.1. The SMILES string of the molecule is COc1cc(NC(=O)c2ccccc2OCc2ccccc2)c(OC)cc1Cl. The molecule has 144 valence electrons. The Morgan fingerprint density at radius 3 is 2.29 bits per heavy atom. The maximum absolute atomic E-state index is 12.9. The van der Waals surface area contributed by atoms with Gasteiger partial charge in [-0.15, -0.1) is 0 Å². The Morgan fingerprint density at radius 1 is 0.893 bits per heavy atom. The molecule has 0 aliphatic heterocycles. The van der Waals surface area contributed by atoms with Crippen molar-refractivity contribution in [2.75, 3.05) is 19.5 Å². The summed E-state index contributed by atoms with van der Waals surface area (Å²) in [5.41, 5.74) is 1.88. The van der Waals surface area contributed by atoms with E-state index in [-0.39, 0.29) is 5.91 Å². The van der Waals surface area contributed by atoms with Gasteiger partial charge in [0.25, 0.3) is 5.91 Å². The molecule has 0 atom stereocenters. The highest BCUT2D eigenvalue weighted by Crippen LogP contribution is 2.36. The minimum atomic E-state index is -0.327. The Bertz CT molecular complexity index is 960. The number of carbonyl (C=O) groups is 1. The van der Waals surface area contributed by atoms with Crippen LogP contribution in [-0.4, -0.2) is 20.1 Å². The number of methoxy groups -OCH3 is 2. The average molecular weight is 398 g/mol. The molecule has 0 saturated carbocycles. The fourth-order valence-electron chi connectivity index (χ4n) is 2.66. The molecule has 0 aromatic heterocycles. The topological polar surface area (TPSA) is 56.8 Å². The zero-order chi connectivity index (χ0) is 19.9. The molecule has 0 radical (unpaired) electrons. The molecular weight excluding hydrogens is 378 g/mol. The van der Waals surface area contributed by atoms with E-state index < -0.39 is 0 Å². The Morgan fingerprint density at radius 2 is 1.57 bits per heavy atom. The lowest BCUT2D eigenvalue weighted by molar-refractivity contribution is 0.102. The summed E-state index contributed by atoms with van der Waals surface area (Å²) < 4.78 is 16.4. The third kappa shape index (κ3) is 4.56. The molecule has 28 heavy (non-hydrogen) atoms. The van der Waals surface area contributed by atoms with Crippen molar-refractivity contribution in [1.29, 1.82) is 0 Å². The summed E-state index contributed by atoms with van der Waals surface area (Å²) in [6, 6.07) is 20.0. The van der Waals surface area contributed by atoms with Crippen molar-refractivity contribution in [2.45, 2.75) is 6.61 Å². The summed E-state index contributed by atoms with van der Waals surface area (Å²) in [5.74, 6) is 1.03. The molecule has 6 heteroatoms. The second-order valence-corrected chi connectivity index (χ2v) is 6.32. The third-order valence-corrected chi connectivity index (χ3v) is 4.39. The molecule has 0 heterocycles. The lowest BCUT2D eigenvalue weighted by Gasteiger charge is -2.15. The summed E-state index contributed by atoms with van der Waals surface area (Å²) in [7, 11) is 3.01. The molecule has 0 bridgehead atoms. The third-order valence-electron chi connectivity index (χ3n) is 4.09. The van der Waals surface area contributed by atoms with E-state index in [2.05, 4.69) is 5.32 Å². The van der Waals surface area contributed by atoms with Crippen LogP contribution in [0.15, 0.2) is 66.7 Å². The predicted molar refractivity (Wildman–Crippen MR) is 110 cm³/mol. The molecule has 0 spiro atoms. The van der Waals surface area contributed by atoms with Crippen LogP contribution < -0.4 is 19.5 Å². The number of carbonyl (C=O) groups excluding carboxylic acids is 1. The fraction of sp³-hybridized carbons (Fsp3) is 0.136. The second-order valence-electron chi connectivity index (χ2n) is 5.91. The zero-order valence-corrected chi connectivity index (χ0v) is 16.3. The molecule has 3 aromatic rings. The maximum Gasteiger partial charge on any atom is 0.259 e. The van der Waals surface area contributed by atoms with E-state index in [1.807, 2.05) is 36.4 Å². The van der Waals surface area contributed by atoms with Crippen molar-refractivity contribution in [2.24, 2.45) is 0 Å². The van der Waals surface area contributed by atoms with Crippen LogP contribution in [0.5, 0.6) is 17.2 Å². The molecule has 0 saturated heterocycles. The van der Waals surface area contributed by atoms with Gasteiger partial charge in [-0.2, -0.15) is 0 Å². The summed E-state index contributed by atoms with van der Waals surface area (Å²) in [6.07, 6.45) is 0. The molecule has 1 N–H and O–H groups in total. The minimum Gasteiger partial charge on any atom is -0.495 e. The average Bonchev–Trinajstić information content (AvgIpc) is 2.74. The Balaban J connectivity index is 1.82. The fourth-order valence-corrected chi connectivity index (χ4v) is 2.89. The Hall–Kier alpha value is -3.18. The van der Waals surface area contributed by atoms with E-state index >= 15 is 0 Å². The quantitative estimate of drug-likeness (QED) is 0.596. The first-order chi connectivity index (χ1) is 13.6. The van der Waals surface area contributed by atoms with Crippen LogP contribution in [0, 0.1) is 0 Å². The highest BCUT2D eigenvalue weighted by molar-refractivity contribution is 6.32. The van der Waals surface area contributed by atoms with E-state index in [4.69, 9.17) is 25.8 Å². The van der Waals surface area contributed by atoms with E-state index in [0.29, 0.717) is 40.1 Å². The number of anilines is 1. The van der Waals surface area contributed by atoms with Gasteiger partial charge in [-0.05, 0) is 17.7 Å². The molecular formula is C22H20ClNO4. The van der Waals surface area contributed by atoms with Gasteiger partial charge in [0.15, 0.2) is 0 Å². The van der Waals surface area contributed by atoms with Crippen molar-refractivity contribution in [3.05, 3.63) is 82.9 Å². The minimum absolute atomic E-state index is 0.327. The van der Waals surface area contributed by atoms with Crippen molar-refractivity contribution in [3.8, 4) is 17.2 Å². The summed E-state index contributed by atoms with van der Waals surface area (Å²) in [4.78, 5) is 12.9. The molecule has 0 unspecified atom stereocenters. The van der Waals surface area contributed by atoms with Crippen LogP contribution in [-0.2, 0) is 6.61 Å². The van der Waals surface area contributed by atoms with E-state index in [0.717, 1.165) is 5.56 Å². The van der Waals surface area contributed by atoms with Gasteiger partial charge in [0.05, 0.1) is 30.5 Å². The predicted octanol–water partition coefficient (Wildman–Crippen LogP) is 5.19. The van der Waals surface area contributed by atoms with E-state index in [9.17, 15) is 4.79 Å². The summed E-state index contributed by atoms with van der Waals surface area (Å²) >= 11 is 6.12. The molecule has 0 fully saturated rings. The van der Waals surface area contributed by atoms with Gasteiger partial charge < -0.3 is 19.5 Å². The van der Waals surface area contributed by atoms with Gasteiger partial charge >= 0.3 is 0 Å². The van der Waals surface area contributed by atoms with Crippen LogP contribution in [0.25, 0.3) is 0 Å². The van der Waals surface area contributed by atoms with Crippen LogP contribution in [0.1, 0.15) is 15.9 Å². The number of rotatable bonds is 7. The van der Waals surface area contributed by atoms with Crippen LogP contribution in [0.2, 0.25) is 5.02 Å². The number of nitrogens with one attached hydrogen (secondary N) is 1. The number of ether oxygens (including phenoxy) is 3. The Labute approximate surface area is 168 Å². The van der Waals surface area contributed by atoms with E-state index in [1.54, 1.807) is 30.3 Å². The molecule has 3 aromatic carbocycles. The first-order valence-corrected chi connectivity index (χ1v) is 8.98. The van der Waals surface area contributed by atoms with Crippen molar-refractivity contribution >= 4 is 23.2 Å². The van der Waals surface area contributed by atoms with Gasteiger partial charge in [-0.3, -0.25) is 4.79 Å².